The van der Waals surface area contributed by atoms with Crippen molar-refractivity contribution in [3.8, 4) is 0 Å². The highest BCUT2D eigenvalue weighted by Gasteiger charge is 2.31. The Morgan fingerprint density at radius 3 is 1.11 bits per heavy atom. The predicted molar refractivity (Wildman–Crippen MR) is 245 cm³/mol. The van der Waals surface area contributed by atoms with Gasteiger partial charge in [-0.15, -0.1) is 0 Å². The van der Waals surface area contributed by atoms with Crippen molar-refractivity contribution in [3.63, 3.8) is 0 Å². The smallest absolute Gasteiger partial charge is 0.181 e. The van der Waals surface area contributed by atoms with Crippen LogP contribution >= 0.6 is 0 Å². The summed E-state index contributed by atoms with van der Waals surface area (Å²) in [4.78, 5) is 5.02. The Labute approximate surface area is 344 Å². The van der Waals surface area contributed by atoms with Gasteiger partial charge in [-0.25, -0.2) is 8.42 Å². The highest BCUT2D eigenvalue weighted by molar-refractivity contribution is 7.96. The third kappa shape index (κ3) is 9.41. The molecule has 0 aromatic heterocycles. The molecule has 2 aliphatic carbocycles. The zero-order valence-corrected chi connectivity index (χ0v) is 37.3. The van der Waals surface area contributed by atoms with E-state index in [2.05, 4.69) is 196 Å². The number of anilines is 4. The van der Waals surface area contributed by atoms with Gasteiger partial charge in [0.1, 0.15) is 0 Å². The van der Waals surface area contributed by atoms with E-state index in [0.29, 0.717) is 24.2 Å². The van der Waals surface area contributed by atoms with Gasteiger partial charge in [0.15, 0.2) is 9.84 Å². The standard InChI is InChI=1S/C52H64N2O2S/c1-49(2,3)37-13-21-41(22-14-37)53(42-23-15-38(16-24-42)50(4,5)6)45-29-33-47(34-30-45)57(55,56)48-35-31-46(32-36-48)54(43-25-17-39(18-26-43)51(7,8)9)44-27-19-40(20-28-44)52(10,11)12/h13-31,33,35,47H,32,34,36H2,1-12H3. The van der Waals surface area contributed by atoms with Crippen molar-refractivity contribution in [2.45, 2.75) is 129 Å². The monoisotopic (exact) mass is 780 g/mol. The average Bonchev–Trinajstić information content (AvgIpc) is 3.15. The van der Waals surface area contributed by atoms with Gasteiger partial charge in [-0.05, 0) is 130 Å². The molecule has 0 N–H and O–H groups in total. The molecule has 1 atom stereocenters. The molecule has 0 spiro atoms. The first-order valence-electron chi connectivity index (χ1n) is 20.6. The molecule has 0 saturated heterocycles. The molecular formula is C52H64N2O2S. The number of allylic oxidation sites excluding steroid dienone is 6. The van der Waals surface area contributed by atoms with Gasteiger partial charge in [0, 0.05) is 39.0 Å². The Hall–Kier alpha value is -4.61. The fraction of sp³-hybridized carbons (Fsp3) is 0.385. The van der Waals surface area contributed by atoms with Crippen LogP contribution in [0.25, 0.3) is 0 Å². The number of hydrogen-bond acceptors (Lipinski definition) is 4. The molecule has 0 bridgehead atoms. The lowest BCUT2D eigenvalue weighted by Crippen LogP contribution is -2.26. The van der Waals surface area contributed by atoms with Crippen LogP contribution in [0.4, 0.5) is 22.7 Å². The number of nitrogens with zero attached hydrogens (tertiary/aromatic N) is 2. The Morgan fingerprint density at radius 2 is 0.825 bits per heavy atom. The van der Waals surface area contributed by atoms with E-state index >= 15 is 0 Å². The first-order valence-corrected chi connectivity index (χ1v) is 22.1. The molecule has 0 amide bonds. The van der Waals surface area contributed by atoms with Gasteiger partial charge in [-0.3, -0.25) is 0 Å². The van der Waals surface area contributed by atoms with Crippen molar-refractivity contribution >= 4 is 32.6 Å². The fourth-order valence-electron chi connectivity index (χ4n) is 7.58. The van der Waals surface area contributed by atoms with Crippen LogP contribution in [0.2, 0.25) is 0 Å². The molecule has 6 rings (SSSR count). The second-order valence-electron chi connectivity index (χ2n) is 20.0. The topological polar surface area (TPSA) is 40.6 Å². The molecule has 0 fully saturated rings. The quantitative estimate of drug-likeness (QED) is 0.179. The summed E-state index contributed by atoms with van der Waals surface area (Å²) in [6, 6.07) is 35.1. The molecule has 5 heteroatoms. The zero-order chi connectivity index (χ0) is 41.6. The lowest BCUT2D eigenvalue weighted by molar-refractivity contribution is 0.590. The Bertz CT molecular complexity index is 2160. The molecular weight excluding hydrogens is 717 g/mol. The van der Waals surface area contributed by atoms with Crippen LogP contribution in [0.1, 0.15) is 125 Å². The fourth-order valence-corrected chi connectivity index (χ4v) is 9.25. The van der Waals surface area contributed by atoms with Gasteiger partial charge in [0.25, 0.3) is 0 Å². The second kappa shape index (κ2) is 15.6. The minimum absolute atomic E-state index is 0.0424. The molecule has 0 radical (unpaired) electrons. The Morgan fingerprint density at radius 1 is 0.474 bits per heavy atom. The Kier molecular flexibility index (Phi) is 11.5. The summed E-state index contributed by atoms with van der Waals surface area (Å²) < 4.78 is 28.6. The van der Waals surface area contributed by atoms with Crippen molar-refractivity contribution in [1.29, 1.82) is 0 Å². The maximum Gasteiger partial charge on any atom is 0.181 e. The van der Waals surface area contributed by atoms with Crippen LogP contribution in [0.5, 0.6) is 0 Å². The minimum atomic E-state index is -3.58. The summed E-state index contributed by atoms with van der Waals surface area (Å²) in [6.07, 6.45) is 11.3. The molecule has 0 saturated carbocycles. The Balaban J connectivity index is 1.28. The van der Waals surface area contributed by atoms with E-state index in [9.17, 15) is 8.42 Å². The number of benzene rings is 4. The third-order valence-corrected chi connectivity index (χ3v) is 13.6. The summed E-state index contributed by atoms with van der Waals surface area (Å²) in [5, 5.41) is -0.623. The summed E-state index contributed by atoms with van der Waals surface area (Å²) in [5.41, 5.74) is 11.5. The summed E-state index contributed by atoms with van der Waals surface area (Å²) in [7, 11) is -3.58. The van der Waals surface area contributed by atoms with E-state index in [1.54, 1.807) is 0 Å². The first kappa shape index (κ1) is 42.0. The second-order valence-corrected chi connectivity index (χ2v) is 22.2. The molecule has 1 unspecified atom stereocenters. The SMILES string of the molecule is CC(C)(C)c1ccc(N(C2=CCC(S(=O)(=O)C3=CC=C(N(c4ccc(C(C)(C)C)cc4)c4ccc(C(C)(C)C)cc4)CC3)C=C2)c2ccc(C(C)(C)C)cc2)cc1. The molecule has 2 aliphatic rings. The molecule has 0 heterocycles. The van der Waals surface area contributed by atoms with Crippen molar-refractivity contribution in [1.82, 2.24) is 0 Å². The van der Waals surface area contributed by atoms with Gasteiger partial charge in [-0.2, -0.15) is 0 Å². The van der Waals surface area contributed by atoms with Crippen molar-refractivity contribution in [2.75, 3.05) is 9.80 Å². The van der Waals surface area contributed by atoms with E-state index in [1.165, 1.54) is 22.3 Å². The van der Waals surface area contributed by atoms with Crippen molar-refractivity contribution in [2.24, 2.45) is 0 Å². The number of rotatable bonds is 8. The van der Waals surface area contributed by atoms with Crippen LogP contribution in [0.15, 0.2) is 144 Å². The molecule has 4 nitrogen and oxygen atoms in total. The number of hydrogen-bond donors (Lipinski definition) is 0. The highest BCUT2D eigenvalue weighted by Crippen LogP contribution is 2.40. The van der Waals surface area contributed by atoms with E-state index in [4.69, 9.17) is 0 Å². The van der Waals surface area contributed by atoms with Crippen LogP contribution in [0, 0.1) is 0 Å². The van der Waals surface area contributed by atoms with Gasteiger partial charge >= 0.3 is 0 Å². The van der Waals surface area contributed by atoms with Crippen LogP contribution in [-0.2, 0) is 31.5 Å². The summed E-state index contributed by atoms with van der Waals surface area (Å²) >= 11 is 0. The molecule has 4 aromatic carbocycles. The normalized spacial score (nSPS) is 16.8. The van der Waals surface area contributed by atoms with Gasteiger partial charge < -0.3 is 9.80 Å². The average molecular weight is 781 g/mol. The highest BCUT2D eigenvalue weighted by atomic mass is 32.2. The van der Waals surface area contributed by atoms with E-state index in [1.807, 2.05) is 24.3 Å². The molecule has 57 heavy (non-hydrogen) atoms. The van der Waals surface area contributed by atoms with Gasteiger partial charge in [0.2, 0.25) is 0 Å². The third-order valence-electron chi connectivity index (χ3n) is 11.4. The summed E-state index contributed by atoms with van der Waals surface area (Å²) in [5.74, 6) is 0. The van der Waals surface area contributed by atoms with E-state index < -0.39 is 15.1 Å². The first-order chi connectivity index (χ1) is 26.5. The summed E-state index contributed by atoms with van der Waals surface area (Å²) in [6.45, 7) is 26.7. The predicted octanol–water partition coefficient (Wildman–Crippen LogP) is 14.0. The maximum atomic E-state index is 14.3. The van der Waals surface area contributed by atoms with Gasteiger partial charge in [-0.1, -0.05) is 144 Å². The zero-order valence-electron chi connectivity index (χ0n) is 36.4. The minimum Gasteiger partial charge on any atom is -0.314 e. The van der Waals surface area contributed by atoms with Gasteiger partial charge in [0.05, 0.1) is 5.25 Å². The maximum absolute atomic E-state index is 14.3. The van der Waals surface area contributed by atoms with Crippen LogP contribution < -0.4 is 9.80 Å². The van der Waals surface area contributed by atoms with Crippen molar-refractivity contribution in [3.05, 3.63) is 166 Å². The lowest BCUT2D eigenvalue weighted by Gasteiger charge is -2.32. The van der Waals surface area contributed by atoms with E-state index in [-0.39, 0.29) is 21.7 Å². The molecule has 4 aromatic rings. The van der Waals surface area contributed by atoms with Crippen LogP contribution in [0.3, 0.4) is 0 Å². The van der Waals surface area contributed by atoms with Crippen LogP contribution in [-0.4, -0.2) is 13.7 Å². The lowest BCUT2D eigenvalue weighted by atomic mass is 9.86. The largest absolute Gasteiger partial charge is 0.314 e. The number of sulfone groups is 1. The molecule has 0 aliphatic heterocycles. The molecule has 300 valence electrons. The van der Waals surface area contributed by atoms with Crippen molar-refractivity contribution < 1.29 is 8.42 Å². The van der Waals surface area contributed by atoms with E-state index in [0.717, 1.165) is 34.1 Å².